The molecule has 1 atom stereocenters. The van der Waals surface area contributed by atoms with Crippen LogP contribution in [-0.2, 0) is 16.4 Å². The van der Waals surface area contributed by atoms with E-state index in [0.29, 0.717) is 29.8 Å². The monoisotopic (exact) mass is 453 g/mol. The van der Waals surface area contributed by atoms with Crippen molar-refractivity contribution in [2.75, 3.05) is 17.6 Å². The lowest BCUT2D eigenvalue weighted by Crippen LogP contribution is -2.34. The van der Waals surface area contributed by atoms with Crippen LogP contribution in [0.3, 0.4) is 0 Å². The molecule has 8 heteroatoms. The first-order valence-corrected chi connectivity index (χ1v) is 11.8. The van der Waals surface area contributed by atoms with Gasteiger partial charge in [0.05, 0.1) is 22.3 Å². The maximum atomic E-state index is 13.3. The number of fused-ring (bicyclic) bond motifs is 1. The minimum atomic E-state index is -3.79. The number of carbonyl (C=O) groups excluding carboxylic acids is 1. The topological polar surface area (TPSA) is 92.5 Å². The van der Waals surface area contributed by atoms with Crippen LogP contribution in [0.2, 0.25) is 0 Å². The van der Waals surface area contributed by atoms with Crippen LogP contribution in [0.1, 0.15) is 40.9 Å². The average Bonchev–Trinajstić information content (AvgIpc) is 3.19. The van der Waals surface area contributed by atoms with Gasteiger partial charge < -0.3 is 11.1 Å². The first-order valence-electron chi connectivity index (χ1n) is 10.4. The fourth-order valence-electron chi connectivity index (χ4n) is 4.14. The maximum Gasteiger partial charge on any atom is 0.255 e. The lowest BCUT2D eigenvalue weighted by Gasteiger charge is -2.27. The number of para-hydroxylation sites is 2. The number of nitrogens with two attached hydrogens (primary N) is 1. The van der Waals surface area contributed by atoms with Crippen LogP contribution >= 0.6 is 0 Å². The molecule has 3 aromatic rings. The van der Waals surface area contributed by atoms with Gasteiger partial charge in [0.1, 0.15) is 5.82 Å². The lowest BCUT2D eigenvalue weighted by atomic mass is 10.0. The number of carbonyl (C=O) groups is 1. The van der Waals surface area contributed by atoms with Gasteiger partial charge in [0.2, 0.25) is 10.0 Å². The molecule has 4 rings (SSSR count). The Bertz CT molecular complexity index is 1260. The number of nitrogens with zero attached hydrogens (tertiary/aromatic N) is 1. The molecule has 6 nitrogen and oxygen atoms in total. The first kappa shape index (κ1) is 22.0. The second-order valence-corrected chi connectivity index (χ2v) is 9.56. The SMILES string of the molecule is CCN(C1CCc2cc(C(=O)Nc3ccccc3N)ccc21)S(=O)(=O)c1ccc(F)cc1. The molecule has 0 bridgehead atoms. The number of sulfonamides is 1. The Morgan fingerprint density at radius 2 is 1.84 bits per heavy atom. The van der Waals surface area contributed by atoms with E-state index in [2.05, 4.69) is 5.32 Å². The van der Waals surface area contributed by atoms with E-state index in [-0.39, 0.29) is 23.4 Å². The number of anilines is 2. The summed E-state index contributed by atoms with van der Waals surface area (Å²) in [5.74, 6) is -0.762. The molecule has 0 saturated heterocycles. The van der Waals surface area contributed by atoms with Crippen LogP contribution in [-0.4, -0.2) is 25.2 Å². The lowest BCUT2D eigenvalue weighted by molar-refractivity contribution is 0.102. The van der Waals surface area contributed by atoms with E-state index >= 15 is 0 Å². The number of amides is 1. The maximum absolute atomic E-state index is 13.3. The van der Waals surface area contributed by atoms with E-state index in [4.69, 9.17) is 5.73 Å². The Morgan fingerprint density at radius 1 is 1.12 bits per heavy atom. The fourth-order valence-corrected chi connectivity index (χ4v) is 5.79. The summed E-state index contributed by atoms with van der Waals surface area (Å²) >= 11 is 0. The van der Waals surface area contributed by atoms with Crippen molar-refractivity contribution >= 4 is 27.3 Å². The molecule has 0 radical (unpaired) electrons. The van der Waals surface area contributed by atoms with Crippen molar-refractivity contribution < 1.29 is 17.6 Å². The molecule has 1 aliphatic carbocycles. The largest absolute Gasteiger partial charge is 0.397 e. The molecule has 0 fully saturated rings. The number of nitrogens with one attached hydrogen (secondary N) is 1. The van der Waals surface area contributed by atoms with E-state index in [9.17, 15) is 17.6 Å². The molecular formula is C24H24FN3O3S. The minimum absolute atomic E-state index is 0.0608. The third kappa shape index (κ3) is 4.11. The summed E-state index contributed by atoms with van der Waals surface area (Å²) in [4.78, 5) is 12.8. The molecular weight excluding hydrogens is 429 g/mol. The number of aryl methyl sites for hydroxylation is 1. The summed E-state index contributed by atoms with van der Waals surface area (Å²) in [5, 5.41) is 2.81. The van der Waals surface area contributed by atoms with E-state index in [1.165, 1.54) is 16.4 Å². The number of nitrogen functional groups attached to an aromatic ring is 1. The summed E-state index contributed by atoms with van der Waals surface area (Å²) in [6, 6.07) is 16.9. The standard InChI is InChI=1S/C24H24FN3O3S/c1-2-28(32(30,31)19-11-9-18(25)10-12-19)23-14-8-16-15-17(7-13-20(16)23)24(29)27-22-6-4-3-5-21(22)26/h3-7,9-13,15,23H,2,8,14,26H2,1H3,(H,27,29). The summed E-state index contributed by atoms with van der Waals surface area (Å²) in [7, 11) is -3.79. The van der Waals surface area contributed by atoms with Crippen molar-refractivity contribution in [3.8, 4) is 0 Å². The molecule has 1 unspecified atom stereocenters. The summed E-state index contributed by atoms with van der Waals surface area (Å²) in [6.07, 6.45) is 1.27. The van der Waals surface area contributed by atoms with Crippen molar-refractivity contribution in [1.82, 2.24) is 4.31 Å². The van der Waals surface area contributed by atoms with Gasteiger partial charge in [-0.3, -0.25) is 4.79 Å². The van der Waals surface area contributed by atoms with Gasteiger partial charge in [0.15, 0.2) is 0 Å². The average molecular weight is 454 g/mol. The first-order chi connectivity index (χ1) is 15.3. The molecule has 1 aliphatic rings. The van der Waals surface area contributed by atoms with Crippen molar-refractivity contribution in [1.29, 1.82) is 0 Å². The number of rotatable bonds is 6. The Hall–Kier alpha value is -3.23. The zero-order valence-corrected chi connectivity index (χ0v) is 18.4. The van der Waals surface area contributed by atoms with Crippen LogP contribution in [0, 0.1) is 5.82 Å². The normalized spacial score (nSPS) is 15.5. The predicted molar refractivity (Wildman–Crippen MR) is 122 cm³/mol. The molecule has 3 N–H and O–H groups in total. The molecule has 0 aliphatic heterocycles. The summed E-state index contributed by atoms with van der Waals surface area (Å²) < 4.78 is 41.1. The number of benzene rings is 3. The van der Waals surface area contributed by atoms with E-state index < -0.39 is 15.8 Å². The number of hydrogen-bond acceptors (Lipinski definition) is 4. The fraction of sp³-hybridized carbons (Fsp3) is 0.208. The Kier molecular flexibility index (Phi) is 5.99. The minimum Gasteiger partial charge on any atom is -0.397 e. The molecule has 0 spiro atoms. The van der Waals surface area contributed by atoms with Crippen LogP contribution in [0.15, 0.2) is 71.6 Å². The zero-order chi connectivity index (χ0) is 22.9. The third-order valence-corrected chi connectivity index (χ3v) is 7.74. The van der Waals surface area contributed by atoms with Gasteiger partial charge in [-0.25, -0.2) is 12.8 Å². The van der Waals surface area contributed by atoms with Gasteiger partial charge in [-0.1, -0.05) is 25.1 Å². The highest BCUT2D eigenvalue weighted by Gasteiger charge is 2.35. The number of hydrogen-bond donors (Lipinski definition) is 2. The van der Waals surface area contributed by atoms with Gasteiger partial charge in [-0.2, -0.15) is 4.31 Å². The highest BCUT2D eigenvalue weighted by Crippen LogP contribution is 2.39. The highest BCUT2D eigenvalue weighted by atomic mass is 32.2. The molecule has 0 heterocycles. The van der Waals surface area contributed by atoms with Crippen LogP contribution < -0.4 is 11.1 Å². The zero-order valence-electron chi connectivity index (χ0n) is 17.6. The number of halogens is 1. The molecule has 0 saturated carbocycles. The quantitative estimate of drug-likeness (QED) is 0.543. The van der Waals surface area contributed by atoms with E-state index in [0.717, 1.165) is 23.3 Å². The van der Waals surface area contributed by atoms with Gasteiger partial charge in [-0.15, -0.1) is 0 Å². The van der Waals surface area contributed by atoms with Crippen LogP contribution in [0.4, 0.5) is 15.8 Å². The Morgan fingerprint density at radius 3 is 2.53 bits per heavy atom. The third-order valence-electron chi connectivity index (χ3n) is 5.74. The second kappa shape index (κ2) is 8.72. The van der Waals surface area contributed by atoms with Crippen molar-refractivity contribution in [2.45, 2.75) is 30.7 Å². The van der Waals surface area contributed by atoms with E-state index in [1.54, 1.807) is 37.3 Å². The molecule has 1 amide bonds. The summed E-state index contributed by atoms with van der Waals surface area (Å²) in [6.45, 7) is 2.06. The van der Waals surface area contributed by atoms with Gasteiger partial charge in [0.25, 0.3) is 5.91 Å². The Balaban J connectivity index is 1.59. The predicted octanol–water partition coefficient (Wildman–Crippen LogP) is 4.36. The van der Waals surface area contributed by atoms with Crippen molar-refractivity contribution in [3.05, 3.63) is 89.2 Å². The van der Waals surface area contributed by atoms with Crippen molar-refractivity contribution in [3.63, 3.8) is 0 Å². The van der Waals surface area contributed by atoms with Gasteiger partial charge >= 0.3 is 0 Å². The highest BCUT2D eigenvalue weighted by molar-refractivity contribution is 7.89. The molecule has 32 heavy (non-hydrogen) atoms. The second-order valence-electron chi connectivity index (χ2n) is 7.67. The van der Waals surface area contributed by atoms with Crippen LogP contribution in [0.25, 0.3) is 0 Å². The van der Waals surface area contributed by atoms with Gasteiger partial charge in [0, 0.05) is 12.1 Å². The van der Waals surface area contributed by atoms with Crippen LogP contribution in [0.5, 0.6) is 0 Å². The van der Waals surface area contributed by atoms with Gasteiger partial charge in [-0.05, 0) is 72.5 Å². The molecule has 0 aromatic heterocycles. The smallest absolute Gasteiger partial charge is 0.255 e. The Labute approximate surface area is 186 Å². The molecule has 3 aromatic carbocycles. The molecule has 166 valence electrons. The van der Waals surface area contributed by atoms with Crippen molar-refractivity contribution in [2.24, 2.45) is 0 Å². The summed E-state index contributed by atoms with van der Waals surface area (Å²) in [5.41, 5.74) is 9.23. The van der Waals surface area contributed by atoms with E-state index in [1.807, 2.05) is 12.1 Å².